The van der Waals surface area contributed by atoms with Gasteiger partial charge in [0.1, 0.15) is 6.29 Å². The van der Waals surface area contributed by atoms with Gasteiger partial charge in [-0.15, -0.1) is 0 Å². The van der Waals surface area contributed by atoms with Crippen molar-refractivity contribution in [2.24, 2.45) is 0 Å². The number of ether oxygens (including phenoxy) is 1. The standard InChI is InChI=1S/C6H6O5/c1-4(8)11-6(10)5(9)2-3-7/h3H,2H2,1H3. The average Bonchev–Trinajstić information content (AvgIpc) is 1.86. The Kier molecular flexibility index (Phi) is 3.72. The van der Waals surface area contributed by atoms with Crippen LogP contribution in [0.4, 0.5) is 0 Å². The maximum Gasteiger partial charge on any atom is 0.382 e. The zero-order valence-corrected chi connectivity index (χ0v) is 5.83. The van der Waals surface area contributed by atoms with Gasteiger partial charge in [-0.3, -0.25) is 9.59 Å². The first-order chi connectivity index (χ1) is 5.07. The molecule has 0 bridgehead atoms. The van der Waals surface area contributed by atoms with Crippen LogP contribution in [-0.4, -0.2) is 24.0 Å². The van der Waals surface area contributed by atoms with Gasteiger partial charge in [0.05, 0.1) is 6.42 Å². The molecule has 0 atom stereocenters. The molecule has 0 amide bonds. The van der Waals surface area contributed by atoms with E-state index in [1.165, 1.54) is 0 Å². The first-order valence-electron chi connectivity index (χ1n) is 2.77. The van der Waals surface area contributed by atoms with Crippen molar-refractivity contribution in [3.63, 3.8) is 0 Å². The van der Waals surface area contributed by atoms with Gasteiger partial charge < -0.3 is 9.53 Å². The summed E-state index contributed by atoms with van der Waals surface area (Å²) in [5.41, 5.74) is 0. The summed E-state index contributed by atoms with van der Waals surface area (Å²) in [7, 11) is 0. The van der Waals surface area contributed by atoms with E-state index in [1.54, 1.807) is 0 Å². The number of carbonyl (C=O) groups excluding carboxylic acids is 4. The zero-order chi connectivity index (χ0) is 8.85. The maximum absolute atomic E-state index is 10.4. The summed E-state index contributed by atoms with van der Waals surface area (Å²) in [5, 5.41) is 0. The highest BCUT2D eigenvalue weighted by Crippen LogP contribution is 1.85. The lowest BCUT2D eigenvalue weighted by Gasteiger charge is -1.93. The van der Waals surface area contributed by atoms with Crippen molar-refractivity contribution >= 4 is 24.0 Å². The number of ketones is 1. The molecular formula is C6H6O5. The Hall–Kier alpha value is -1.52. The van der Waals surface area contributed by atoms with Crippen LogP contribution in [-0.2, 0) is 23.9 Å². The first kappa shape index (κ1) is 9.48. The number of rotatable bonds is 3. The fraction of sp³-hybridized carbons (Fsp3) is 0.333. The van der Waals surface area contributed by atoms with Gasteiger partial charge in [0.15, 0.2) is 0 Å². The number of carbonyl (C=O) groups is 4. The summed E-state index contributed by atoms with van der Waals surface area (Å²) in [6.07, 6.45) is -0.282. The fourth-order valence-electron chi connectivity index (χ4n) is 0.346. The van der Waals surface area contributed by atoms with E-state index in [2.05, 4.69) is 4.74 Å². The van der Waals surface area contributed by atoms with Gasteiger partial charge in [-0.25, -0.2) is 4.79 Å². The zero-order valence-electron chi connectivity index (χ0n) is 5.83. The molecule has 0 fully saturated rings. The molecule has 0 aromatic carbocycles. The highest BCUT2D eigenvalue weighted by Gasteiger charge is 2.15. The number of esters is 2. The molecule has 0 spiro atoms. The lowest BCUT2D eigenvalue weighted by atomic mass is 10.3. The van der Waals surface area contributed by atoms with Gasteiger partial charge in [-0.2, -0.15) is 0 Å². The molecule has 5 heteroatoms. The average molecular weight is 158 g/mol. The lowest BCUT2D eigenvalue weighted by molar-refractivity contribution is -0.163. The van der Waals surface area contributed by atoms with Crippen LogP contribution in [0.1, 0.15) is 13.3 Å². The van der Waals surface area contributed by atoms with Gasteiger partial charge in [-0.05, 0) is 0 Å². The Morgan fingerprint density at radius 2 is 1.91 bits per heavy atom. The molecule has 0 saturated carbocycles. The van der Waals surface area contributed by atoms with E-state index in [1.807, 2.05) is 0 Å². The maximum atomic E-state index is 10.4. The van der Waals surface area contributed by atoms with E-state index in [0.717, 1.165) is 6.92 Å². The van der Waals surface area contributed by atoms with Crippen LogP contribution >= 0.6 is 0 Å². The van der Waals surface area contributed by atoms with Gasteiger partial charge in [0.25, 0.3) is 0 Å². The summed E-state index contributed by atoms with van der Waals surface area (Å²) in [5.74, 6) is -3.17. The molecule has 0 aliphatic heterocycles. The van der Waals surface area contributed by atoms with Crippen molar-refractivity contribution in [3.05, 3.63) is 0 Å². The lowest BCUT2D eigenvalue weighted by Crippen LogP contribution is -2.19. The van der Waals surface area contributed by atoms with E-state index >= 15 is 0 Å². The van der Waals surface area contributed by atoms with E-state index < -0.39 is 24.1 Å². The molecule has 0 aromatic rings. The van der Waals surface area contributed by atoms with E-state index in [0.29, 0.717) is 0 Å². The number of Topliss-reactive ketones (excluding diaryl/α,β-unsaturated/α-hetero) is 1. The minimum absolute atomic E-state index is 0.268. The summed E-state index contributed by atoms with van der Waals surface area (Å²) in [6, 6.07) is 0. The third-order valence-corrected chi connectivity index (χ3v) is 0.733. The smallest absolute Gasteiger partial charge is 0.382 e. The van der Waals surface area contributed by atoms with Crippen LogP contribution in [0.5, 0.6) is 0 Å². The Bertz CT molecular complexity index is 205. The van der Waals surface area contributed by atoms with Crippen molar-refractivity contribution in [2.45, 2.75) is 13.3 Å². The fourth-order valence-corrected chi connectivity index (χ4v) is 0.346. The van der Waals surface area contributed by atoms with Gasteiger partial charge in [-0.1, -0.05) is 0 Å². The molecule has 60 valence electrons. The molecule has 0 saturated heterocycles. The van der Waals surface area contributed by atoms with Gasteiger partial charge >= 0.3 is 11.9 Å². The largest absolute Gasteiger partial charge is 0.387 e. The Morgan fingerprint density at radius 3 is 2.27 bits per heavy atom. The second-order valence-corrected chi connectivity index (χ2v) is 1.68. The van der Waals surface area contributed by atoms with Crippen LogP contribution in [0.2, 0.25) is 0 Å². The first-order valence-corrected chi connectivity index (χ1v) is 2.77. The molecule has 11 heavy (non-hydrogen) atoms. The predicted octanol–water partition coefficient (Wildman–Crippen LogP) is -0.766. The van der Waals surface area contributed by atoms with Crippen molar-refractivity contribution in [1.82, 2.24) is 0 Å². The third-order valence-electron chi connectivity index (χ3n) is 0.733. The number of aldehydes is 1. The van der Waals surface area contributed by atoms with Crippen LogP contribution in [0.25, 0.3) is 0 Å². The molecular weight excluding hydrogens is 152 g/mol. The molecule has 0 unspecified atom stereocenters. The van der Waals surface area contributed by atoms with E-state index in [-0.39, 0.29) is 6.29 Å². The van der Waals surface area contributed by atoms with Crippen molar-refractivity contribution in [3.8, 4) is 0 Å². The minimum Gasteiger partial charge on any atom is -0.387 e. The van der Waals surface area contributed by atoms with Gasteiger partial charge in [0.2, 0.25) is 5.78 Å². The molecule has 0 aliphatic rings. The van der Waals surface area contributed by atoms with Crippen LogP contribution in [0.3, 0.4) is 0 Å². The molecule has 0 radical (unpaired) electrons. The summed E-state index contributed by atoms with van der Waals surface area (Å²) >= 11 is 0. The molecule has 0 aromatic heterocycles. The van der Waals surface area contributed by atoms with Crippen molar-refractivity contribution in [1.29, 1.82) is 0 Å². The van der Waals surface area contributed by atoms with Crippen LogP contribution < -0.4 is 0 Å². The third kappa shape index (κ3) is 3.96. The summed E-state index contributed by atoms with van der Waals surface area (Å²) in [6.45, 7) is 0.992. The Labute approximate surface area is 62.3 Å². The Balaban J connectivity index is 3.93. The normalized spacial score (nSPS) is 8.45. The SMILES string of the molecule is CC(=O)OC(=O)C(=O)CC=O. The van der Waals surface area contributed by atoms with Crippen molar-refractivity contribution in [2.75, 3.05) is 0 Å². The summed E-state index contributed by atoms with van der Waals surface area (Å²) in [4.78, 5) is 40.6. The minimum atomic E-state index is -1.29. The molecule has 0 rings (SSSR count). The second kappa shape index (κ2) is 4.32. The van der Waals surface area contributed by atoms with Gasteiger partial charge in [0, 0.05) is 6.92 Å². The van der Waals surface area contributed by atoms with Crippen LogP contribution in [0.15, 0.2) is 0 Å². The molecule has 0 heterocycles. The van der Waals surface area contributed by atoms with E-state index in [4.69, 9.17) is 0 Å². The molecule has 0 aliphatic carbocycles. The number of hydrogen-bond donors (Lipinski definition) is 0. The highest BCUT2D eigenvalue weighted by molar-refractivity contribution is 6.37. The highest BCUT2D eigenvalue weighted by atomic mass is 16.6. The van der Waals surface area contributed by atoms with E-state index in [9.17, 15) is 19.2 Å². The number of hydrogen-bond acceptors (Lipinski definition) is 5. The van der Waals surface area contributed by atoms with Crippen molar-refractivity contribution < 1.29 is 23.9 Å². The topological polar surface area (TPSA) is 77.5 Å². The predicted molar refractivity (Wildman–Crippen MR) is 32.5 cm³/mol. The second-order valence-electron chi connectivity index (χ2n) is 1.68. The quantitative estimate of drug-likeness (QED) is 0.233. The monoisotopic (exact) mass is 158 g/mol. The Morgan fingerprint density at radius 1 is 1.36 bits per heavy atom. The molecule has 0 N–H and O–H groups in total. The van der Waals surface area contributed by atoms with Crippen LogP contribution in [0, 0.1) is 0 Å². The summed E-state index contributed by atoms with van der Waals surface area (Å²) < 4.78 is 3.88. The molecule has 5 nitrogen and oxygen atoms in total.